The van der Waals surface area contributed by atoms with Crippen molar-refractivity contribution in [2.75, 3.05) is 11.1 Å². The molecule has 1 heterocycles. The maximum absolute atomic E-state index is 12.3. The van der Waals surface area contributed by atoms with Crippen LogP contribution in [0.4, 0.5) is 5.69 Å². The van der Waals surface area contributed by atoms with Crippen LogP contribution in [0.5, 0.6) is 0 Å². The summed E-state index contributed by atoms with van der Waals surface area (Å²) < 4.78 is 1.12. The molecule has 26 heavy (non-hydrogen) atoms. The lowest BCUT2D eigenvalue weighted by atomic mass is 9.91. The number of amides is 2. The number of hydrogen-bond acceptors (Lipinski definition) is 5. The molecule has 0 bridgehead atoms. The minimum absolute atomic E-state index is 0.0563. The summed E-state index contributed by atoms with van der Waals surface area (Å²) in [6, 6.07) is 11.4. The zero-order chi connectivity index (χ0) is 18.4. The summed E-state index contributed by atoms with van der Waals surface area (Å²) >= 11 is 3.14. The minimum atomic E-state index is -0.0726. The SMILES string of the molecule is NC1CCC(NC(=O)c2ccc(NC(=O)CSc3cccs3)cc2)CC1. The molecule has 2 aromatic rings. The van der Waals surface area contributed by atoms with Gasteiger partial charge in [-0.3, -0.25) is 9.59 Å². The van der Waals surface area contributed by atoms with Crippen LogP contribution in [0.15, 0.2) is 46.0 Å². The predicted molar refractivity (Wildman–Crippen MR) is 108 cm³/mol. The first-order valence-electron chi connectivity index (χ1n) is 8.73. The normalized spacial score (nSPS) is 19.7. The van der Waals surface area contributed by atoms with Crippen LogP contribution in [0.3, 0.4) is 0 Å². The zero-order valence-electron chi connectivity index (χ0n) is 14.4. The van der Waals surface area contributed by atoms with E-state index in [4.69, 9.17) is 5.73 Å². The van der Waals surface area contributed by atoms with E-state index in [2.05, 4.69) is 10.6 Å². The number of rotatable bonds is 6. The first-order valence-corrected chi connectivity index (χ1v) is 10.6. The Kier molecular flexibility index (Phi) is 6.71. The highest BCUT2D eigenvalue weighted by Gasteiger charge is 2.20. The van der Waals surface area contributed by atoms with Crippen LogP contribution in [-0.2, 0) is 4.79 Å². The first kappa shape index (κ1) is 18.9. The summed E-state index contributed by atoms with van der Waals surface area (Å²) in [5, 5.41) is 7.92. The van der Waals surface area contributed by atoms with Crippen LogP contribution in [0.1, 0.15) is 36.0 Å². The van der Waals surface area contributed by atoms with Gasteiger partial charge in [0.05, 0.1) is 9.96 Å². The van der Waals surface area contributed by atoms with E-state index in [0.29, 0.717) is 17.0 Å². The topological polar surface area (TPSA) is 84.2 Å². The molecule has 0 spiro atoms. The monoisotopic (exact) mass is 389 g/mol. The molecule has 138 valence electrons. The molecule has 1 saturated carbocycles. The molecule has 0 aliphatic heterocycles. The number of thioether (sulfide) groups is 1. The second-order valence-corrected chi connectivity index (χ2v) is 8.65. The molecule has 0 radical (unpaired) electrons. The summed E-state index contributed by atoms with van der Waals surface area (Å²) in [4.78, 5) is 24.3. The fourth-order valence-corrected chi connectivity index (χ4v) is 4.50. The Labute approximate surface area is 161 Å². The molecule has 2 amide bonds. The summed E-state index contributed by atoms with van der Waals surface area (Å²) in [5.74, 6) is 0.239. The van der Waals surface area contributed by atoms with E-state index in [9.17, 15) is 9.59 Å². The number of carbonyl (C=O) groups is 2. The number of carbonyl (C=O) groups excluding carboxylic acids is 2. The lowest BCUT2D eigenvalue weighted by Crippen LogP contribution is -2.40. The van der Waals surface area contributed by atoms with Gasteiger partial charge in [0.25, 0.3) is 5.91 Å². The van der Waals surface area contributed by atoms with Crippen molar-refractivity contribution < 1.29 is 9.59 Å². The van der Waals surface area contributed by atoms with Crippen molar-refractivity contribution in [2.45, 2.75) is 42.0 Å². The number of nitrogens with one attached hydrogen (secondary N) is 2. The first-order chi connectivity index (χ1) is 12.6. The summed E-state index contributed by atoms with van der Waals surface area (Å²) in [7, 11) is 0. The average Bonchev–Trinajstić information content (AvgIpc) is 3.16. The minimum Gasteiger partial charge on any atom is -0.349 e. The third-order valence-corrected chi connectivity index (χ3v) is 6.51. The third kappa shape index (κ3) is 5.59. The van der Waals surface area contributed by atoms with Crippen LogP contribution in [0, 0.1) is 0 Å². The highest BCUT2D eigenvalue weighted by molar-refractivity contribution is 8.01. The van der Waals surface area contributed by atoms with E-state index in [1.54, 1.807) is 35.6 Å². The van der Waals surface area contributed by atoms with Crippen LogP contribution in [-0.4, -0.2) is 29.7 Å². The quantitative estimate of drug-likeness (QED) is 0.661. The summed E-state index contributed by atoms with van der Waals surface area (Å²) in [6.45, 7) is 0. The Morgan fingerprint density at radius 3 is 2.50 bits per heavy atom. The second-order valence-electron chi connectivity index (χ2n) is 6.43. The van der Waals surface area contributed by atoms with Crippen molar-refractivity contribution in [2.24, 2.45) is 5.73 Å². The van der Waals surface area contributed by atoms with Crippen molar-refractivity contribution in [3.63, 3.8) is 0 Å². The fraction of sp³-hybridized carbons (Fsp3) is 0.368. The molecule has 0 saturated heterocycles. The van der Waals surface area contributed by atoms with E-state index < -0.39 is 0 Å². The number of nitrogens with two attached hydrogens (primary N) is 1. The number of anilines is 1. The summed E-state index contributed by atoms with van der Waals surface area (Å²) in [5.41, 5.74) is 7.19. The standard InChI is InChI=1S/C19H23N3O2S2/c20-14-5-9-16(10-6-14)22-19(24)13-3-7-15(8-4-13)21-17(23)12-26-18-2-1-11-25-18/h1-4,7-8,11,14,16H,5-6,9-10,12,20H2,(H,21,23)(H,22,24). The molecule has 0 atom stereocenters. The lowest BCUT2D eigenvalue weighted by molar-refractivity contribution is -0.113. The van der Waals surface area contributed by atoms with E-state index >= 15 is 0 Å². The maximum Gasteiger partial charge on any atom is 0.251 e. The van der Waals surface area contributed by atoms with Crippen molar-refractivity contribution in [3.8, 4) is 0 Å². The number of hydrogen-bond donors (Lipinski definition) is 3. The van der Waals surface area contributed by atoms with Crippen LogP contribution in [0.2, 0.25) is 0 Å². The molecular formula is C19H23N3O2S2. The van der Waals surface area contributed by atoms with Gasteiger partial charge in [0.15, 0.2) is 0 Å². The largest absolute Gasteiger partial charge is 0.349 e. The van der Waals surface area contributed by atoms with Gasteiger partial charge in [-0.2, -0.15) is 0 Å². The van der Waals surface area contributed by atoms with Gasteiger partial charge in [-0.05, 0) is 61.4 Å². The maximum atomic E-state index is 12.3. The summed E-state index contributed by atoms with van der Waals surface area (Å²) in [6.07, 6.45) is 3.78. The molecule has 1 aromatic carbocycles. The van der Waals surface area contributed by atoms with Gasteiger partial charge in [0, 0.05) is 23.3 Å². The molecule has 1 fully saturated rings. The highest BCUT2D eigenvalue weighted by Crippen LogP contribution is 2.23. The molecule has 1 aliphatic carbocycles. The van der Waals surface area contributed by atoms with Gasteiger partial charge < -0.3 is 16.4 Å². The average molecular weight is 390 g/mol. The van der Waals surface area contributed by atoms with Crippen molar-refractivity contribution in [1.82, 2.24) is 5.32 Å². The predicted octanol–water partition coefficient (Wildman–Crippen LogP) is 3.48. The van der Waals surface area contributed by atoms with E-state index in [1.165, 1.54) is 11.8 Å². The number of thiophene rings is 1. The van der Waals surface area contributed by atoms with Crippen LogP contribution in [0.25, 0.3) is 0 Å². The molecule has 3 rings (SSSR count). The van der Waals surface area contributed by atoms with Crippen LogP contribution >= 0.6 is 23.1 Å². The van der Waals surface area contributed by atoms with Gasteiger partial charge in [-0.1, -0.05) is 6.07 Å². The van der Waals surface area contributed by atoms with Crippen molar-refractivity contribution in [1.29, 1.82) is 0 Å². The van der Waals surface area contributed by atoms with E-state index in [-0.39, 0.29) is 23.9 Å². The zero-order valence-corrected chi connectivity index (χ0v) is 16.1. The Morgan fingerprint density at radius 1 is 1.12 bits per heavy atom. The molecular weight excluding hydrogens is 366 g/mol. The Morgan fingerprint density at radius 2 is 1.85 bits per heavy atom. The lowest BCUT2D eigenvalue weighted by Gasteiger charge is -2.26. The molecule has 1 aliphatic rings. The van der Waals surface area contributed by atoms with Crippen molar-refractivity contribution >= 4 is 40.6 Å². The Balaban J connectivity index is 1.46. The molecule has 7 heteroatoms. The van der Waals surface area contributed by atoms with Gasteiger partial charge in [-0.15, -0.1) is 23.1 Å². The van der Waals surface area contributed by atoms with Crippen LogP contribution < -0.4 is 16.4 Å². The fourth-order valence-electron chi connectivity index (χ4n) is 2.92. The molecule has 4 N–H and O–H groups in total. The molecule has 5 nitrogen and oxygen atoms in total. The van der Waals surface area contributed by atoms with Gasteiger partial charge in [-0.25, -0.2) is 0 Å². The Bertz CT molecular complexity index is 724. The molecule has 0 unspecified atom stereocenters. The van der Waals surface area contributed by atoms with E-state index in [0.717, 1.165) is 29.9 Å². The highest BCUT2D eigenvalue weighted by atomic mass is 32.2. The molecule has 1 aromatic heterocycles. The van der Waals surface area contributed by atoms with E-state index in [1.807, 2.05) is 17.5 Å². The second kappa shape index (κ2) is 9.21. The van der Waals surface area contributed by atoms with Gasteiger partial charge >= 0.3 is 0 Å². The smallest absolute Gasteiger partial charge is 0.251 e. The third-order valence-electron chi connectivity index (χ3n) is 4.38. The Hall–Kier alpha value is -1.83. The van der Waals surface area contributed by atoms with Gasteiger partial charge in [0.2, 0.25) is 5.91 Å². The number of benzene rings is 1. The van der Waals surface area contributed by atoms with Gasteiger partial charge in [0.1, 0.15) is 0 Å². The van der Waals surface area contributed by atoms with Crippen molar-refractivity contribution in [3.05, 3.63) is 47.3 Å².